The summed E-state index contributed by atoms with van der Waals surface area (Å²) in [5, 5.41) is 12.6. The van der Waals surface area contributed by atoms with E-state index in [1.807, 2.05) is 0 Å². The standard InChI is InChI=1S/C23H19N3O4/c1-14-9-17(5-6-21(14)27)20-11-19(25-23(29)26-20)16-3-2-4-18(10-16)22(28)24-12-15-7-8-30-13-15/h2-11,13,27H,12H2,1H3,(H,24,28)(H,25,26,29). The van der Waals surface area contributed by atoms with E-state index in [-0.39, 0.29) is 11.7 Å². The van der Waals surface area contributed by atoms with Crippen molar-refractivity contribution in [2.45, 2.75) is 13.5 Å². The first-order chi connectivity index (χ1) is 14.5. The molecule has 2 aromatic carbocycles. The molecule has 0 saturated heterocycles. The highest BCUT2D eigenvalue weighted by molar-refractivity contribution is 5.95. The zero-order valence-corrected chi connectivity index (χ0v) is 16.2. The number of phenols is 1. The number of benzene rings is 2. The van der Waals surface area contributed by atoms with Crippen molar-refractivity contribution in [3.05, 3.63) is 94.3 Å². The number of nitrogens with one attached hydrogen (secondary N) is 2. The SMILES string of the molecule is Cc1cc(-c2cc(-c3cccc(C(=O)NCc4ccoc4)c3)nc(=O)[nH]2)ccc1O. The van der Waals surface area contributed by atoms with Crippen LogP contribution < -0.4 is 11.0 Å². The molecule has 150 valence electrons. The molecule has 0 spiro atoms. The van der Waals surface area contributed by atoms with Crippen molar-refractivity contribution in [1.29, 1.82) is 0 Å². The number of furan rings is 1. The zero-order chi connectivity index (χ0) is 21.1. The van der Waals surface area contributed by atoms with Crippen LogP contribution in [0, 0.1) is 6.92 Å². The molecule has 3 N–H and O–H groups in total. The Morgan fingerprint density at radius 2 is 2.00 bits per heavy atom. The van der Waals surface area contributed by atoms with Gasteiger partial charge in [-0.3, -0.25) is 4.79 Å². The molecular formula is C23H19N3O4. The summed E-state index contributed by atoms with van der Waals surface area (Å²) in [5.41, 5.74) is 3.94. The Morgan fingerprint density at radius 3 is 2.77 bits per heavy atom. The van der Waals surface area contributed by atoms with E-state index in [2.05, 4.69) is 15.3 Å². The van der Waals surface area contributed by atoms with Gasteiger partial charge in [0.2, 0.25) is 0 Å². The number of H-pyrrole nitrogens is 1. The number of aromatic nitrogens is 2. The maximum Gasteiger partial charge on any atom is 0.345 e. The minimum absolute atomic E-state index is 0.185. The van der Waals surface area contributed by atoms with Crippen LogP contribution in [0.2, 0.25) is 0 Å². The number of amides is 1. The highest BCUT2D eigenvalue weighted by Crippen LogP contribution is 2.26. The van der Waals surface area contributed by atoms with Crippen LogP contribution in [-0.2, 0) is 6.54 Å². The lowest BCUT2D eigenvalue weighted by Crippen LogP contribution is -2.22. The van der Waals surface area contributed by atoms with Crippen LogP contribution in [0.1, 0.15) is 21.5 Å². The average Bonchev–Trinajstić information content (AvgIpc) is 3.27. The zero-order valence-electron chi connectivity index (χ0n) is 16.2. The number of hydrogen-bond donors (Lipinski definition) is 3. The van der Waals surface area contributed by atoms with Gasteiger partial charge in [0.15, 0.2) is 0 Å². The van der Waals surface area contributed by atoms with Crippen LogP contribution in [0.4, 0.5) is 0 Å². The molecule has 0 aliphatic rings. The second kappa shape index (κ2) is 8.08. The molecular weight excluding hydrogens is 382 g/mol. The Bertz CT molecular complexity index is 1260. The molecule has 2 heterocycles. The van der Waals surface area contributed by atoms with E-state index in [0.29, 0.717) is 34.6 Å². The molecule has 30 heavy (non-hydrogen) atoms. The predicted octanol–water partition coefficient (Wildman–Crippen LogP) is 3.64. The van der Waals surface area contributed by atoms with Crippen LogP contribution in [0.3, 0.4) is 0 Å². The number of aryl methyl sites for hydroxylation is 1. The number of nitrogens with zero attached hydrogens (tertiary/aromatic N) is 1. The molecule has 0 unspecified atom stereocenters. The van der Waals surface area contributed by atoms with E-state index in [4.69, 9.17) is 4.42 Å². The maximum absolute atomic E-state index is 12.5. The van der Waals surface area contributed by atoms with Gasteiger partial charge in [0, 0.05) is 23.2 Å². The minimum atomic E-state index is -0.497. The van der Waals surface area contributed by atoms with Crippen molar-refractivity contribution in [3.63, 3.8) is 0 Å². The summed E-state index contributed by atoms with van der Waals surface area (Å²) in [7, 11) is 0. The van der Waals surface area contributed by atoms with Gasteiger partial charge in [-0.2, -0.15) is 4.98 Å². The van der Waals surface area contributed by atoms with Gasteiger partial charge in [-0.15, -0.1) is 0 Å². The number of aromatic amines is 1. The molecule has 2 aromatic heterocycles. The molecule has 7 nitrogen and oxygen atoms in total. The fraction of sp³-hybridized carbons (Fsp3) is 0.0870. The van der Waals surface area contributed by atoms with Gasteiger partial charge in [0.05, 0.1) is 23.9 Å². The normalized spacial score (nSPS) is 10.7. The Hall–Kier alpha value is -4.13. The van der Waals surface area contributed by atoms with E-state index in [1.54, 1.807) is 74.0 Å². The first-order valence-corrected chi connectivity index (χ1v) is 9.31. The van der Waals surface area contributed by atoms with Crippen molar-refractivity contribution in [3.8, 4) is 28.3 Å². The number of aromatic hydroxyl groups is 1. The number of rotatable bonds is 5. The number of carbonyl (C=O) groups excluding carboxylic acids is 1. The molecule has 0 aliphatic carbocycles. The number of carbonyl (C=O) groups is 1. The Balaban J connectivity index is 1.63. The van der Waals surface area contributed by atoms with Gasteiger partial charge in [0.25, 0.3) is 5.91 Å². The van der Waals surface area contributed by atoms with E-state index in [0.717, 1.165) is 11.1 Å². The van der Waals surface area contributed by atoms with Crippen LogP contribution in [0.25, 0.3) is 22.5 Å². The lowest BCUT2D eigenvalue weighted by molar-refractivity contribution is 0.0951. The topological polar surface area (TPSA) is 108 Å². The summed E-state index contributed by atoms with van der Waals surface area (Å²) in [4.78, 5) is 31.4. The molecule has 0 aliphatic heterocycles. The summed E-state index contributed by atoms with van der Waals surface area (Å²) in [5.74, 6) is -0.0539. The number of hydrogen-bond acceptors (Lipinski definition) is 5. The lowest BCUT2D eigenvalue weighted by atomic mass is 10.0. The summed E-state index contributed by atoms with van der Waals surface area (Å²) in [6, 6.07) is 15.5. The van der Waals surface area contributed by atoms with Gasteiger partial charge in [-0.25, -0.2) is 4.79 Å². The van der Waals surface area contributed by atoms with Crippen LogP contribution >= 0.6 is 0 Å². The third-order valence-corrected chi connectivity index (χ3v) is 4.71. The quantitative estimate of drug-likeness (QED) is 0.473. The predicted molar refractivity (Wildman–Crippen MR) is 112 cm³/mol. The molecule has 4 aromatic rings. The fourth-order valence-electron chi connectivity index (χ4n) is 3.08. The van der Waals surface area contributed by atoms with Crippen LogP contribution in [-0.4, -0.2) is 21.0 Å². The van der Waals surface area contributed by atoms with E-state index >= 15 is 0 Å². The third kappa shape index (κ3) is 4.15. The minimum Gasteiger partial charge on any atom is -0.508 e. The highest BCUT2D eigenvalue weighted by atomic mass is 16.3. The second-order valence-corrected chi connectivity index (χ2v) is 6.88. The maximum atomic E-state index is 12.5. The van der Waals surface area contributed by atoms with Gasteiger partial charge in [-0.05, 0) is 60.5 Å². The summed E-state index contributed by atoms with van der Waals surface area (Å²) in [6.45, 7) is 2.14. The summed E-state index contributed by atoms with van der Waals surface area (Å²) >= 11 is 0. The number of phenolic OH excluding ortho intramolecular Hbond substituents is 1. The van der Waals surface area contributed by atoms with Crippen molar-refractivity contribution in [1.82, 2.24) is 15.3 Å². The van der Waals surface area contributed by atoms with Gasteiger partial charge in [-0.1, -0.05) is 12.1 Å². The Morgan fingerprint density at radius 1 is 1.13 bits per heavy atom. The van der Waals surface area contributed by atoms with E-state index < -0.39 is 5.69 Å². The molecule has 0 fully saturated rings. The average molecular weight is 401 g/mol. The molecule has 0 radical (unpaired) electrons. The highest BCUT2D eigenvalue weighted by Gasteiger charge is 2.11. The molecule has 7 heteroatoms. The molecule has 4 rings (SSSR count). The van der Waals surface area contributed by atoms with E-state index in [9.17, 15) is 14.7 Å². The lowest BCUT2D eigenvalue weighted by Gasteiger charge is -2.08. The largest absolute Gasteiger partial charge is 0.508 e. The Labute approximate surface area is 172 Å². The van der Waals surface area contributed by atoms with Gasteiger partial charge >= 0.3 is 5.69 Å². The van der Waals surface area contributed by atoms with Crippen molar-refractivity contribution in [2.24, 2.45) is 0 Å². The second-order valence-electron chi connectivity index (χ2n) is 6.88. The van der Waals surface area contributed by atoms with Gasteiger partial charge < -0.3 is 19.8 Å². The fourth-order valence-corrected chi connectivity index (χ4v) is 3.08. The van der Waals surface area contributed by atoms with Crippen molar-refractivity contribution >= 4 is 5.91 Å². The monoisotopic (exact) mass is 401 g/mol. The van der Waals surface area contributed by atoms with Crippen LogP contribution in [0.5, 0.6) is 5.75 Å². The first-order valence-electron chi connectivity index (χ1n) is 9.31. The van der Waals surface area contributed by atoms with Crippen LogP contribution in [0.15, 0.2) is 76.3 Å². The van der Waals surface area contributed by atoms with Gasteiger partial charge in [0.1, 0.15) is 5.75 Å². The van der Waals surface area contributed by atoms with E-state index in [1.165, 1.54) is 0 Å². The summed E-state index contributed by atoms with van der Waals surface area (Å²) < 4.78 is 5.00. The molecule has 0 saturated carbocycles. The first kappa shape index (κ1) is 19.2. The smallest absolute Gasteiger partial charge is 0.345 e. The summed E-state index contributed by atoms with van der Waals surface area (Å²) in [6.07, 6.45) is 3.12. The Kier molecular flexibility index (Phi) is 5.17. The molecule has 0 bridgehead atoms. The molecule has 0 atom stereocenters. The van der Waals surface area contributed by atoms with Crippen molar-refractivity contribution in [2.75, 3.05) is 0 Å². The third-order valence-electron chi connectivity index (χ3n) is 4.71. The van der Waals surface area contributed by atoms with Crippen molar-refractivity contribution < 1.29 is 14.3 Å². The molecule has 1 amide bonds.